The maximum absolute atomic E-state index is 4.71. The normalized spacial score (nSPS) is 11.1. The van der Waals surface area contributed by atoms with Crippen molar-refractivity contribution in [1.82, 2.24) is 5.32 Å². The fourth-order valence-corrected chi connectivity index (χ4v) is 4.13. The maximum atomic E-state index is 4.71. The van der Waals surface area contributed by atoms with Crippen molar-refractivity contribution in [3.05, 3.63) is 78.4 Å². The second-order valence-electron chi connectivity index (χ2n) is 7.27. The Hall–Kier alpha value is -2.69. The number of aryl methyl sites for hydroxylation is 1. The van der Waals surface area contributed by atoms with Gasteiger partial charge in [0.1, 0.15) is 0 Å². The molecule has 0 saturated heterocycles. The first-order valence-electron chi connectivity index (χ1n) is 10.1. The van der Waals surface area contributed by atoms with E-state index in [4.69, 9.17) is 12.6 Å². The summed E-state index contributed by atoms with van der Waals surface area (Å²) in [5, 5.41) is 15.6. The Balaban J connectivity index is 1.24. The molecule has 0 saturated carbocycles. The van der Waals surface area contributed by atoms with Gasteiger partial charge in [-0.25, -0.2) is 0 Å². The van der Waals surface area contributed by atoms with Gasteiger partial charge < -0.3 is 16.0 Å². The topological polar surface area (TPSA) is 36.1 Å². The van der Waals surface area contributed by atoms with E-state index >= 15 is 0 Å². The number of hydrogen-bond donors (Lipinski definition) is 4. The molecule has 0 aromatic heterocycles. The smallest absolute Gasteiger partial charge is 0.0482 e. The molecule has 0 amide bonds. The number of fused-ring (bicyclic) bond motifs is 2. The van der Waals surface area contributed by atoms with Gasteiger partial charge in [0.05, 0.1) is 0 Å². The molecule has 0 aliphatic rings. The summed E-state index contributed by atoms with van der Waals surface area (Å²) in [6.45, 7) is 5.73. The average molecular weight is 402 g/mol. The van der Waals surface area contributed by atoms with Crippen LogP contribution in [0.5, 0.6) is 0 Å². The number of rotatable bonds is 8. The van der Waals surface area contributed by atoms with Crippen molar-refractivity contribution in [2.75, 3.05) is 36.8 Å². The van der Waals surface area contributed by atoms with E-state index in [1.807, 2.05) is 0 Å². The molecule has 4 heteroatoms. The molecule has 0 heterocycles. The molecule has 0 aliphatic heterocycles. The number of anilines is 2. The third-order valence-corrected chi connectivity index (χ3v) is 5.73. The summed E-state index contributed by atoms with van der Waals surface area (Å²) >= 11 is 4.71. The molecule has 0 radical (unpaired) electrons. The lowest BCUT2D eigenvalue weighted by Gasteiger charge is -2.13. The lowest BCUT2D eigenvalue weighted by Crippen LogP contribution is -2.27. The Kier molecular flexibility index (Phi) is 6.23. The van der Waals surface area contributed by atoms with Crippen molar-refractivity contribution in [3.63, 3.8) is 0 Å². The van der Waals surface area contributed by atoms with Gasteiger partial charge in [0.2, 0.25) is 0 Å². The van der Waals surface area contributed by atoms with Gasteiger partial charge in [-0.15, -0.1) is 12.6 Å². The predicted octanol–water partition coefficient (Wildman–Crippen LogP) is 5.70. The average Bonchev–Trinajstić information content (AvgIpc) is 2.75. The molecule has 29 heavy (non-hydrogen) atoms. The molecule has 0 fully saturated rings. The third-order valence-electron chi connectivity index (χ3n) is 5.25. The van der Waals surface area contributed by atoms with Crippen molar-refractivity contribution in [2.45, 2.75) is 11.8 Å². The number of thiol groups is 1. The van der Waals surface area contributed by atoms with Crippen LogP contribution in [-0.2, 0) is 0 Å². The number of nitrogens with one attached hydrogen (secondary N) is 3. The van der Waals surface area contributed by atoms with Crippen LogP contribution in [-0.4, -0.2) is 26.2 Å². The highest BCUT2D eigenvalue weighted by Crippen LogP contribution is 2.29. The Morgan fingerprint density at radius 1 is 0.655 bits per heavy atom. The molecule has 4 aromatic rings. The summed E-state index contributed by atoms with van der Waals surface area (Å²) in [4.78, 5) is 1.01. The molecule has 4 aromatic carbocycles. The van der Waals surface area contributed by atoms with E-state index in [9.17, 15) is 0 Å². The summed E-state index contributed by atoms with van der Waals surface area (Å²) in [6.07, 6.45) is 0. The first kappa shape index (κ1) is 19.6. The minimum atomic E-state index is 0.860. The van der Waals surface area contributed by atoms with Gasteiger partial charge in [0.15, 0.2) is 0 Å². The van der Waals surface area contributed by atoms with E-state index in [1.54, 1.807) is 0 Å². The largest absolute Gasteiger partial charge is 0.383 e. The van der Waals surface area contributed by atoms with Crippen LogP contribution in [0.4, 0.5) is 11.4 Å². The standard InChI is InChI=1S/C25H27N3S/c1-18-6-4-8-20-9-5-11-22(24(18)20)27-16-14-26-15-17-28-23-13-12-19-7-2-3-10-21(19)25(23)29/h2-13,26-29H,14-17H2,1H3. The van der Waals surface area contributed by atoms with Crippen LogP contribution in [0, 0.1) is 6.92 Å². The van der Waals surface area contributed by atoms with E-state index in [1.165, 1.54) is 32.8 Å². The quantitative estimate of drug-likeness (QED) is 0.226. The SMILES string of the molecule is Cc1cccc2cccc(NCCNCCNc3ccc4ccccc4c3S)c12. The fraction of sp³-hybridized carbons (Fsp3) is 0.200. The third kappa shape index (κ3) is 4.50. The van der Waals surface area contributed by atoms with Gasteiger partial charge in [-0.3, -0.25) is 0 Å². The maximum Gasteiger partial charge on any atom is 0.0482 e. The molecule has 3 nitrogen and oxygen atoms in total. The van der Waals surface area contributed by atoms with Crippen LogP contribution in [0.25, 0.3) is 21.5 Å². The van der Waals surface area contributed by atoms with Crippen molar-refractivity contribution >= 4 is 45.5 Å². The van der Waals surface area contributed by atoms with E-state index in [0.29, 0.717) is 0 Å². The van der Waals surface area contributed by atoms with Crippen molar-refractivity contribution in [2.24, 2.45) is 0 Å². The van der Waals surface area contributed by atoms with E-state index < -0.39 is 0 Å². The van der Waals surface area contributed by atoms with Gasteiger partial charge in [0.25, 0.3) is 0 Å². The van der Waals surface area contributed by atoms with E-state index in [-0.39, 0.29) is 0 Å². The lowest BCUT2D eigenvalue weighted by atomic mass is 10.0. The highest BCUT2D eigenvalue weighted by molar-refractivity contribution is 7.80. The minimum absolute atomic E-state index is 0.860. The molecule has 0 aliphatic carbocycles. The van der Waals surface area contributed by atoms with Crippen LogP contribution in [0.3, 0.4) is 0 Å². The Labute approximate surface area is 177 Å². The molecular weight excluding hydrogens is 374 g/mol. The van der Waals surface area contributed by atoms with Gasteiger partial charge in [0, 0.05) is 47.8 Å². The van der Waals surface area contributed by atoms with E-state index in [0.717, 1.165) is 36.8 Å². The van der Waals surface area contributed by atoms with Crippen LogP contribution in [0.15, 0.2) is 77.7 Å². The molecule has 0 bridgehead atoms. The van der Waals surface area contributed by atoms with Crippen molar-refractivity contribution < 1.29 is 0 Å². The second kappa shape index (κ2) is 9.21. The zero-order chi connectivity index (χ0) is 20.1. The molecule has 3 N–H and O–H groups in total. The van der Waals surface area contributed by atoms with Crippen molar-refractivity contribution in [3.8, 4) is 0 Å². The lowest BCUT2D eigenvalue weighted by molar-refractivity contribution is 0.719. The molecule has 4 rings (SSSR count). The summed E-state index contributed by atoms with van der Waals surface area (Å²) in [5.74, 6) is 0. The van der Waals surface area contributed by atoms with Gasteiger partial charge in [-0.2, -0.15) is 0 Å². The minimum Gasteiger partial charge on any atom is -0.383 e. The molecule has 0 atom stereocenters. The van der Waals surface area contributed by atoms with Gasteiger partial charge >= 0.3 is 0 Å². The predicted molar refractivity (Wildman–Crippen MR) is 130 cm³/mol. The Bertz CT molecular complexity index is 1120. The molecule has 0 unspecified atom stereocenters. The zero-order valence-electron chi connectivity index (χ0n) is 16.7. The van der Waals surface area contributed by atoms with Crippen LogP contribution in [0.2, 0.25) is 0 Å². The highest BCUT2D eigenvalue weighted by atomic mass is 32.1. The summed E-state index contributed by atoms with van der Waals surface area (Å²) in [5.41, 5.74) is 3.59. The second-order valence-corrected chi connectivity index (χ2v) is 7.71. The number of hydrogen-bond acceptors (Lipinski definition) is 4. The Morgan fingerprint density at radius 2 is 1.34 bits per heavy atom. The summed E-state index contributed by atoms with van der Waals surface area (Å²) in [7, 11) is 0. The van der Waals surface area contributed by atoms with Crippen molar-refractivity contribution in [1.29, 1.82) is 0 Å². The van der Waals surface area contributed by atoms with Crippen LogP contribution < -0.4 is 16.0 Å². The first-order chi connectivity index (χ1) is 14.2. The molecule has 148 valence electrons. The number of benzene rings is 4. The highest BCUT2D eigenvalue weighted by Gasteiger charge is 2.04. The van der Waals surface area contributed by atoms with Gasteiger partial charge in [-0.1, -0.05) is 60.7 Å². The Morgan fingerprint density at radius 3 is 2.17 bits per heavy atom. The summed E-state index contributed by atoms with van der Waals surface area (Å²) in [6, 6.07) is 25.5. The van der Waals surface area contributed by atoms with Crippen LogP contribution in [0.1, 0.15) is 5.56 Å². The first-order valence-corrected chi connectivity index (χ1v) is 10.6. The van der Waals surface area contributed by atoms with E-state index in [2.05, 4.69) is 95.7 Å². The fourth-order valence-electron chi connectivity index (χ4n) is 3.77. The molecule has 0 spiro atoms. The van der Waals surface area contributed by atoms with Crippen LogP contribution >= 0.6 is 12.6 Å². The zero-order valence-corrected chi connectivity index (χ0v) is 17.6. The molecular formula is C25H27N3S. The monoisotopic (exact) mass is 401 g/mol. The van der Waals surface area contributed by atoms with Gasteiger partial charge in [-0.05, 0) is 40.8 Å². The summed E-state index contributed by atoms with van der Waals surface area (Å²) < 4.78 is 0.